The van der Waals surface area contributed by atoms with Gasteiger partial charge in [-0.15, -0.1) is 36.2 Å². The first-order valence-corrected chi connectivity index (χ1v) is 7.44. The van der Waals surface area contributed by atoms with Gasteiger partial charge >= 0.3 is 0 Å². The molecule has 0 aliphatic carbocycles. The van der Waals surface area contributed by atoms with Crippen molar-refractivity contribution >= 4 is 53.1 Å². The van der Waals surface area contributed by atoms with Crippen molar-refractivity contribution in [1.82, 2.24) is 9.88 Å². The summed E-state index contributed by atoms with van der Waals surface area (Å²) in [4.78, 5) is 29.4. The largest absolute Gasteiger partial charge is 0.341 e. The predicted octanol–water partition coefficient (Wildman–Crippen LogP) is 1.93. The normalized spacial score (nSPS) is 11.2. The fourth-order valence-corrected chi connectivity index (χ4v) is 2.09. The van der Waals surface area contributed by atoms with Gasteiger partial charge in [-0.3, -0.25) is 9.59 Å². The topological polar surface area (TPSA) is 88.3 Å². The Morgan fingerprint density at radius 3 is 2.45 bits per heavy atom. The Morgan fingerprint density at radius 1 is 1.36 bits per heavy atom. The minimum atomic E-state index is -0.0967. The van der Waals surface area contributed by atoms with E-state index in [0.717, 1.165) is 0 Å². The lowest BCUT2D eigenvalue weighted by molar-refractivity contribution is -0.130. The Kier molecular flexibility index (Phi) is 11.4. The van der Waals surface area contributed by atoms with Crippen molar-refractivity contribution < 1.29 is 9.59 Å². The van der Waals surface area contributed by atoms with E-state index in [4.69, 9.17) is 5.73 Å². The van der Waals surface area contributed by atoms with Crippen molar-refractivity contribution in [3.05, 3.63) is 11.1 Å². The lowest BCUT2D eigenvalue weighted by atomic mass is 10.2. The lowest BCUT2D eigenvalue weighted by Gasteiger charge is -2.23. The molecule has 1 aromatic rings. The molecule has 1 heterocycles. The number of nitrogens with zero attached hydrogens (tertiary/aromatic N) is 2. The molecule has 2 amide bonds. The molecule has 0 aliphatic heterocycles. The second kappa shape index (κ2) is 10.8. The number of carbonyl (C=O) groups is 2. The van der Waals surface area contributed by atoms with Crippen LogP contribution in [0.3, 0.4) is 0 Å². The zero-order valence-corrected chi connectivity index (χ0v) is 15.6. The molecule has 3 N–H and O–H groups in total. The van der Waals surface area contributed by atoms with Gasteiger partial charge in [-0.2, -0.15) is 0 Å². The molecule has 0 saturated heterocycles. The van der Waals surface area contributed by atoms with Gasteiger partial charge in [0.05, 0.1) is 12.1 Å². The van der Waals surface area contributed by atoms with Crippen LogP contribution in [0.1, 0.15) is 26.5 Å². The number of anilines is 1. The SMILES string of the molecule is CC(C)C(=O)Nc1nc(CC(=O)N(C)C(C)CN)cs1.Cl.Cl. The predicted molar refractivity (Wildman–Crippen MR) is 95.1 cm³/mol. The molecule has 1 unspecified atom stereocenters. The lowest BCUT2D eigenvalue weighted by Crippen LogP contribution is -2.40. The third-order valence-electron chi connectivity index (χ3n) is 3.03. The van der Waals surface area contributed by atoms with E-state index < -0.39 is 0 Å². The number of carbonyl (C=O) groups excluding carboxylic acids is 2. The first-order valence-electron chi connectivity index (χ1n) is 6.56. The van der Waals surface area contributed by atoms with Gasteiger partial charge in [0.2, 0.25) is 11.8 Å². The molecule has 9 heteroatoms. The summed E-state index contributed by atoms with van der Waals surface area (Å²) in [5.74, 6) is -0.207. The van der Waals surface area contributed by atoms with Crippen LogP contribution < -0.4 is 11.1 Å². The van der Waals surface area contributed by atoms with Crippen LogP contribution in [0.15, 0.2) is 5.38 Å². The van der Waals surface area contributed by atoms with E-state index in [1.54, 1.807) is 17.3 Å². The number of nitrogens with two attached hydrogens (primary N) is 1. The van der Waals surface area contributed by atoms with Gasteiger partial charge in [0.25, 0.3) is 0 Å². The molecule has 0 saturated carbocycles. The highest BCUT2D eigenvalue weighted by molar-refractivity contribution is 7.13. The smallest absolute Gasteiger partial charge is 0.228 e. The van der Waals surface area contributed by atoms with Crippen LogP contribution in [0.4, 0.5) is 5.13 Å². The van der Waals surface area contributed by atoms with E-state index >= 15 is 0 Å². The van der Waals surface area contributed by atoms with Crippen LogP contribution in [0.2, 0.25) is 0 Å². The first kappa shape index (κ1) is 23.4. The zero-order chi connectivity index (χ0) is 15.3. The number of rotatable bonds is 6. The highest BCUT2D eigenvalue weighted by Crippen LogP contribution is 2.17. The fraction of sp³-hybridized carbons (Fsp3) is 0.615. The van der Waals surface area contributed by atoms with Gasteiger partial charge < -0.3 is 16.0 Å². The monoisotopic (exact) mass is 370 g/mol. The molecule has 6 nitrogen and oxygen atoms in total. The number of amides is 2. The summed E-state index contributed by atoms with van der Waals surface area (Å²) >= 11 is 1.32. The summed E-state index contributed by atoms with van der Waals surface area (Å²) in [5, 5.41) is 5.04. The molecule has 1 rings (SSSR count). The highest BCUT2D eigenvalue weighted by atomic mass is 35.5. The van der Waals surface area contributed by atoms with Gasteiger partial charge in [0, 0.05) is 30.9 Å². The quantitative estimate of drug-likeness (QED) is 0.800. The second-order valence-electron chi connectivity index (χ2n) is 5.05. The third-order valence-corrected chi connectivity index (χ3v) is 3.84. The molecule has 1 aromatic heterocycles. The summed E-state index contributed by atoms with van der Waals surface area (Å²) in [6.07, 6.45) is 0.217. The van der Waals surface area contributed by atoms with Crippen molar-refractivity contribution in [1.29, 1.82) is 0 Å². The summed E-state index contributed by atoms with van der Waals surface area (Å²) in [5.41, 5.74) is 6.20. The van der Waals surface area contributed by atoms with E-state index in [1.807, 2.05) is 20.8 Å². The van der Waals surface area contributed by atoms with Crippen LogP contribution in [-0.2, 0) is 16.0 Å². The highest BCUT2D eigenvalue weighted by Gasteiger charge is 2.17. The fourth-order valence-electron chi connectivity index (χ4n) is 1.38. The van der Waals surface area contributed by atoms with E-state index in [0.29, 0.717) is 17.4 Å². The maximum Gasteiger partial charge on any atom is 0.228 e. The maximum atomic E-state index is 12.0. The van der Waals surface area contributed by atoms with E-state index in [9.17, 15) is 9.59 Å². The molecule has 0 aliphatic rings. The zero-order valence-electron chi connectivity index (χ0n) is 13.2. The molecule has 128 valence electrons. The molecule has 22 heavy (non-hydrogen) atoms. The van der Waals surface area contributed by atoms with Crippen LogP contribution in [0.25, 0.3) is 0 Å². The molecule has 1 atom stereocenters. The number of nitrogens with one attached hydrogen (secondary N) is 1. The Hall–Kier alpha value is -0.890. The van der Waals surface area contributed by atoms with Gasteiger partial charge in [-0.05, 0) is 6.92 Å². The van der Waals surface area contributed by atoms with Crippen LogP contribution >= 0.6 is 36.2 Å². The Morgan fingerprint density at radius 2 is 1.95 bits per heavy atom. The van der Waals surface area contributed by atoms with Gasteiger partial charge in [0.15, 0.2) is 5.13 Å². The van der Waals surface area contributed by atoms with Gasteiger partial charge in [0.1, 0.15) is 0 Å². The van der Waals surface area contributed by atoms with E-state index in [-0.39, 0.29) is 55.0 Å². The number of hydrogen-bond donors (Lipinski definition) is 2. The standard InChI is InChI=1S/C13H22N4O2S.2ClH/c1-8(2)12(19)16-13-15-10(7-20-13)5-11(18)17(4)9(3)6-14;;/h7-9H,5-6,14H2,1-4H3,(H,15,16,19);2*1H. The molecule has 0 aromatic carbocycles. The minimum Gasteiger partial charge on any atom is -0.341 e. The Bertz CT molecular complexity index is 482. The average Bonchev–Trinajstić information content (AvgIpc) is 2.83. The van der Waals surface area contributed by atoms with Crippen molar-refractivity contribution in [2.75, 3.05) is 18.9 Å². The molecular formula is C13H24Cl2N4O2S. The molecule has 0 radical (unpaired) electrons. The van der Waals surface area contributed by atoms with Crippen molar-refractivity contribution in [3.8, 4) is 0 Å². The number of aromatic nitrogens is 1. The molecule has 0 bridgehead atoms. The van der Waals surface area contributed by atoms with Crippen molar-refractivity contribution in [2.45, 2.75) is 33.2 Å². The summed E-state index contributed by atoms with van der Waals surface area (Å²) < 4.78 is 0. The van der Waals surface area contributed by atoms with Gasteiger partial charge in [-0.1, -0.05) is 13.8 Å². The molecular weight excluding hydrogens is 347 g/mol. The van der Waals surface area contributed by atoms with Crippen molar-refractivity contribution in [2.24, 2.45) is 11.7 Å². The number of likely N-dealkylation sites (N-methyl/N-ethyl adjacent to an activating group) is 1. The first-order chi connectivity index (χ1) is 9.35. The third kappa shape index (κ3) is 6.91. The maximum absolute atomic E-state index is 12.0. The van der Waals surface area contributed by atoms with Crippen LogP contribution in [0.5, 0.6) is 0 Å². The summed E-state index contributed by atoms with van der Waals surface area (Å²) in [6.45, 7) is 5.95. The molecule has 0 fully saturated rings. The van der Waals surface area contributed by atoms with Crippen LogP contribution in [0, 0.1) is 5.92 Å². The van der Waals surface area contributed by atoms with Gasteiger partial charge in [-0.25, -0.2) is 4.98 Å². The number of hydrogen-bond acceptors (Lipinski definition) is 5. The number of thiazole rings is 1. The number of halogens is 2. The average molecular weight is 371 g/mol. The minimum absolute atomic E-state index is 0. The second-order valence-corrected chi connectivity index (χ2v) is 5.91. The van der Waals surface area contributed by atoms with E-state index in [2.05, 4.69) is 10.3 Å². The summed E-state index contributed by atoms with van der Waals surface area (Å²) in [7, 11) is 1.73. The van der Waals surface area contributed by atoms with Crippen LogP contribution in [-0.4, -0.2) is 41.3 Å². The summed E-state index contributed by atoms with van der Waals surface area (Å²) in [6, 6.07) is 0.00116. The Labute approximate surface area is 147 Å². The molecule has 0 spiro atoms. The van der Waals surface area contributed by atoms with E-state index in [1.165, 1.54) is 11.3 Å². The van der Waals surface area contributed by atoms with Crippen molar-refractivity contribution in [3.63, 3.8) is 0 Å². The Balaban J connectivity index is 0.